The van der Waals surface area contributed by atoms with Crippen molar-refractivity contribution in [3.63, 3.8) is 0 Å². The number of hydrogen-bond acceptors (Lipinski definition) is 6. The van der Waals surface area contributed by atoms with E-state index in [1.54, 1.807) is 56.3 Å². The molecule has 3 aromatic rings. The molecule has 2 N–H and O–H groups in total. The normalized spacial score (nSPS) is 12.5. The molecule has 1 atom stereocenters. The van der Waals surface area contributed by atoms with Crippen molar-refractivity contribution in [1.82, 2.24) is 0 Å². The Hall–Kier alpha value is -3.61. The third-order valence-electron chi connectivity index (χ3n) is 4.45. The van der Waals surface area contributed by atoms with Crippen LogP contribution in [0.25, 0.3) is 0 Å². The van der Waals surface area contributed by atoms with E-state index in [4.69, 9.17) is 13.8 Å². The van der Waals surface area contributed by atoms with Gasteiger partial charge in [0.15, 0.2) is 17.3 Å². The van der Waals surface area contributed by atoms with E-state index in [0.717, 1.165) is 11.1 Å². The van der Waals surface area contributed by atoms with E-state index >= 15 is 0 Å². The van der Waals surface area contributed by atoms with Gasteiger partial charge >= 0.3 is 13.8 Å². The lowest BCUT2D eigenvalue weighted by molar-refractivity contribution is 0.0688. The summed E-state index contributed by atoms with van der Waals surface area (Å²) in [6.07, 6.45) is 0. The van der Waals surface area contributed by atoms with E-state index in [9.17, 15) is 24.2 Å². The van der Waals surface area contributed by atoms with Gasteiger partial charge in [-0.2, -0.15) is 0 Å². The van der Waals surface area contributed by atoms with E-state index in [1.165, 1.54) is 19.2 Å². The van der Waals surface area contributed by atoms with Crippen molar-refractivity contribution in [2.75, 3.05) is 7.11 Å². The molecule has 3 rings (SSSR count). The Morgan fingerprint density at radius 1 is 0.906 bits per heavy atom. The zero-order valence-corrected chi connectivity index (χ0v) is 18.5. The molecule has 0 aliphatic heterocycles. The van der Waals surface area contributed by atoms with Gasteiger partial charge in [-0.15, -0.1) is 0 Å². The zero-order valence-electron chi connectivity index (χ0n) is 17.6. The number of aryl methyl sites for hydroxylation is 2. The molecule has 0 aliphatic carbocycles. The summed E-state index contributed by atoms with van der Waals surface area (Å²) < 4.78 is 28.0. The molecule has 0 saturated carbocycles. The van der Waals surface area contributed by atoms with Gasteiger partial charge in [-0.05, 0) is 49.2 Å². The number of carboxylic acids is 1. The number of rotatable bonds is 8. The Bertz CT molecular complexity index is 1200. The van der Waals surface area contributed by atoms with Crippen molar-refractivity contribution in [3.05, 3.63) is 88.5 Å². The number of aromatic carboxylic acids is 1. The summed E-state index contributed by atoms with van der Waals surface area (Å²) >= 11 is 0. The summed E-state index contributed by atoms with van der Waals surface area (Å²) in [6, 6.07) is 15.5. The van der Waals surface area contributed by atoms with Crippen LogP contribution >= 0.6 is 7.82 Å². The number of ether oxygens (including phenoxy) is 1. The minimum Gasteiger partial charge on any atom is -0.492 e. The first-order valence-electron chi connectivity index (χ1n) is 9.45. The molecule has 3 aromatic carbocycles. The number of carbonyl (C=O) groups is 2. The van der Waals surface area contributed by atoms with Crippen LogP contribution in [0.15, 0.2) is 60.7 Å². The van der Waals surface area contributed by atoms with E-state index in [1.807, 2.05) is 6.07 Å². The van der Waals surface area contributed by atoms with Gasteiger partial charge in [0.05, 0.1) is 7.11 Å². The molecular formula is C23H21O8P. The molecule has 9 heteroatoms. The summed E-state index contributed by atoms with van der Waals surface area (Å²) in [5, 5.41) is 9.74. The Balaban J connectivity index is 2.00. The number of methoxy groups -OCH3 is 1. The molecule has 32 heavy (non-hydrogen) atoms. The maximum absolute atomic E-state index is 12.9. The van der Waals surface area contributed by atoms with Gasteiger partial charge < -0.3 is 18.9 Å². The predicted molar refractivity (Wildman–Crippen MR) is 117 cm³/mol. The van der Waals surface area contributed by atoms with Crippen molar-refractivity contribution >= 4 is 19.6 Å². The summed E-state index contributed by atoms with van der Waals surface area (Å²) in [5.74, 6) is -2.63. The quantitative estimate of drug-likeness (QED) is 0.366. The number of carboxylic acid groups (broad SMARTS) is 1. The Morgan fingerprint density at radius 3 is 2.09 bits per heavy atom. The van der Waals surface area contributed by atoms with Gasteiger partial charge in [0, 0.05) is 11.1 Å². The Kier molecular flexibility index (Phi) is 6.67. The van der Waals surface area contributed by atoms with Crippen LogP contribution in [0.1, 0.15) is 37.4 Å². The average Bonchev–Trinajstić information content (AvgIpc) is 2.72. The zero-order chi connectivity index (χ0) is 23.5. The van der Waals surface area contributed by atoms with Crippen LogP contribution in [-0.2, 0) is 4.57 Å². The fraction of sp³-hybridized carbons (Fsp3) is 0.130. The number of hydrogen-bond donors (Lipinski definition) is 2. The van der Waals surface area contributed by atoms with Gasteiger partial charge in [-0.25, -0.2) is 9.36 Å². The molecule has 166 valence electrons. The molecule has 0 amide bonds. The maximum atomic E-state index is 12.9. The fourth-order valence-electron chi connectivity index (χ4n) is 3.25. The highest BCUT2D eigenvalue weighted by molar-refractivity contribution is 7.48. The van der Waals surface area contributed by atoms with Gasteiger partial charge in [-0.3, -0.25) is 9.69 Å². The summed E-state index contributed by atoms with van der Waals surface area (Å²) in [4.78, 5) is 35.1. The second-order valence-corrected chi connectivity index (χ2v) is 8.30. The molecule has 8 nitrogen and oxygen atoms in total. The average molecular weight is 456 g/mol. The van der Waals surface area contributed by atoms with Crippen LogP contribution in [0.2, 0.25) is 0 Å². The maximum Gasteiger partial charge on any atom is 0.585 e. The summed E-state index contributed by atoms with van der Waals surface area (Å²) in [6.45, 7) is 3.60. The van der Waals surface area contributed by atoms with Crippen molar-refractivity contribution < 1.29 is 37.9 Å². The molecule has 0 fully saturated rings. The van der Waals surface area contributed by atoms with E-state index in [-0.39, 0.29) is 28.4 Å². The highest BCUT2D eigenvalue weighted by Gasteiger charge is 2.31. The number of ketones is 1. The Morgan fingerprint density at radius 2 is 1.53 bits per heavy atom. The van der Waals surface area contributed by atoms with E-state index in [0.29, 0.717) is 0 Å². The largest absolute Gasteiger partial charge is 0.585 e. The summed E-state index contributed by atoms with van der Waals surface area (Å²) in [5.41, 5.74) is 1.25. The lowest BCUT2D eigenvalue weighted by Crippen LogP contribution is -2.13. The lowest BCUT2D eigenvalue weighted by atomic mass is 9.97. The number of phosphoric acid groups is 1. The van der Waals surface area contributed by atoms with E-state index < -0.39 is 25.1 Å². The molecule has 0 bridgehead atoms. The first-order valence-corrected chi connectivity index (χ1v) is 10.9. The molecule has 0 saturated heterocycles. The van der Waals surface area contributed by atoms with Gasteiger partial charge in [0.25, 0.3) is 0 Å². The molecule has 0 aromatic heterocycles. The molecule has 0 spiro atoms. The van der Waals surface area contributed by atoms with Gasteiger partial charge in [0.2, 0.25) is 0 Å². The lowest BCUT2D eigenvalue weighted by Gasteiger charge is -2.18. The standard InChI is InChI=1S/C23H21O8P/c1-14-11-15(2)13-17(12-14)30-32(27,28)31-19-10-9-18(20(23(25)26)22(19)29-3)21(24)16-7-5-4-6-8-16/h4-13H,1-3H3,(H,25,26)(H,27,28). The predicted octanol–water partition coefficient (Wildman–Crippen LogP) is 4.80. The van der Waals surface area contributed by atoms with Crippen molar-refractivity contribution in [2.24, 2.45) is 0 Å². The number of benzene rings is 3. The first-order chi connectivity index (χ1) is 15.1. The van der Waals surface area contributed by atoms with Crippen LogP contribution < -0.4 is 13.8 Å². The minimum atomic E-state index is -4.72. The van der Waals surface area contributed by atoms with Crippen LogP contribution in [0.4, 0.5) is 0 Å². The second kappa shape index (κ2) is 9.26. The van der Waals surface area contributed by atoms with Gasteiger partial charge in [-0.1, -0.05) is 36.4 Å². The second-order valence-electron chi connectivity index (χ2n) is 6.99. The van der Waals surface area contributed by atoms with Crippen LogP contribution in [0, 0.1) is 13.8 Å². The van der Waals surface area contributed by atoms with Gasteiger partial charge in [0.1, 0.15) is 11.3 Å². The number of phosphoric ester groups is 1. The van der Waals surface area contributed by atoms with Crippen molar-refractivity contribution in [2.45, 2.75) is 13.8 Å². The molecule has 0 heterocycles. The SMILES string of the molecule is COc1c(OP(=O)(O)Oc2cc(C)cc(C)c2)ccc(C(=O)c2ccccc2)c1C(=O)O. The van der Waals surface area contributed by atoms with Crippen LogP contribution in [-0.4, -0.2) is 28.9 Å². The molecule has 0 radical (unpaired) electrons. The molecular weight excluding hydrogens is 435 g/mol. The molecule has 1 unspecified atom stereocenters. The van der Waals surface area contributed by atoms with Crippen molar-refractivity contribution in [1.29, 1.82) is 0 Å². The monoisotopic (exact) mass is 456 g/mol. The third kappa shape index (κ3) is 5.17. The number of carbonyl (C=O) groups excluding carboxylic acids is 1. The van der Waals surface area contributed by atoms with Crippen LogP contribution in [0.5, 0.6) is 17.2 Å². The smallest absolute Gasteiger partial charge is 0.492 e. The molecule has 0 aliphatic rings. The Labute approximate surface area is 184 Å². The van der Waals surface area contributed by atoms with Crippen LogP contribution in [0.3, 0.4) is 0 Å². The summed E-state index contributed by atoms with van der Waals surface area (Å²) in [7, 11) is -3.56. The fourth-order valence-corrected chi connectivity index (χ4v) is 4.05. The minimum absolute atomic E-state index is 0.113. The highest BCUT2D eigenvalue weighted by Crippen LogP contribution is 2.48. The van der Waals surface area contributed by atoms with Crippen molar-refractivity contribution in [3.8, 4) is 17.2 Å². The highest BCUT2D eigenvalue weighted by atomic mass is 31.2. The third-order valence-corrected chi connectivity index (χ3v) is 5.32. The first kappa shape index (κ1) is 23.1. The topological polar surface area (TPSA) is 119 Å². The van der Waals surface area contributed by atoms with E-state index in [2.05, 4.69) is 0 Å².